The molecule has 3 aromatic carbocycles. The second-order valence-electron chi connectivity index (χ2n) is 9.77. The smallest absolute Gasteiger partial charge is 0.242 e. The van der Waals surface area contributed by atoms with Gasteiger partial charge in [-0.15, -0.1) is 0 Å². The van der Waals surface area contributed by atoms with Crippen LogP contribution in [0.15, 0.2) is 65.6 Å². The lowest BCUT2D eigenvalue weighted by molar-refractivity contribution is -0.118. The summed E-state index contributed by atoms with van der Waals surface area (Å²) in [5.74, 6) is -0.0599. The molecule has 0 spiro atoms. The zero-order valence-corrected chi connectivity index (χ0v) is 22.8. The molecule has 2 atom stereocenters. The maximum Gasteiger partial charge on any atom is 0.242 e. The van der Waals surface area contributed by atoms with Crippen molar-refractivity contribution in [2.75, 3.05) is 0 Å². The lowest BCUT2D eigenvalue weighted by Gasteiger charge is -2.18. The quantitative estimate of drug-likeness (QED) is 0.320. The van der Waals surface area contributed by atoms with Crippen molar-refractivity contribution in [2.45, 2.75) is 49.8 Å². The van der Waals surface area contributed by atoms with Crippen LogP contribution in [-0.4, -0.2) is 32.7 Å². The first-order chi connectivity index (χ1) is 17.9. The fourth-order valence-electron chi connectivity index (χ4n) is 4.59. The number of fused-ring (bicyclic) bond motifs is 1. The zero-order valence-electron chi connectivity index (χ0n) is 21.1. The van der Waals surface area contributed by atoms with Crippen molar-refractivity contribution in [2.24, 2.45) is 0 Å². The van der Waals surface area contributed by atoms with Crippen LogP contribution in [-0.2, 0) is 31.3 Å². The van der Waals surface area contributed by atoms with E-state index in [4.69, 9.17) is 0 Å². The highest BCUT2D eigenvalue weighted by atomic mass is 32.2. The number of rotatable bonds is 7. The van der Waals surface area contributed by atoms with E-state index < -0.39 is 37.2 Å². The number of amides is 1. The normalized spacial score (nSPS) is 18.0. The number of carbonyl (C=O) groups is 1. The molecular weight excluding hydrogens is 524 g/mol. The second-order valence-corrected chi connectivity index (χ2v) is 13.3. The van der Waals surface area contributed by atoms with Crippen molar-refractivity contribution >= 4 is 37.0 Å². The SMILES string of the molecule is Cc1ccc2nc([C@H](Cc3ccc(C4CC(=O)NS4(=O)=O)cc3)NS(=O)(=O)c3ccc(C)c(C)c3)[nH]c2c1. The predicted molar refractivity (Wildman–Crippen MR) is 144 cm³/mol. The summed E-state index contributed by atoms with van der Waals surface area (Å²) >= 11 is 0. The predicted octanol–water partition coefficient (Wildman–Crippen LogP) is 3.64. The topological polar surface area (TPSA) is 138 Å². The van der Waals surface area contributed by atoms with Crippen LogP contribution in [0.5, 0.6) is 0 Å². The van der Waals surface area contributed by atoms with Gasteiger partial charge in [-0.2, -0.15) is 0 Å². The second kappa shape index (κ2) is 9.64. The van der Waals surface area contributed by atoms with Gasteiger partial charge in [0.05, 0.1) is 28.4 Å². The van der Waals surface area contributed by atoms with Gasteiger partial charge >= 0.3 is 0 Å². The molecule has 1 aliphatic rings. The fraction of sp³-hybridized carbons (Fsp3) is 0.259. The van der Waals surface area contributed by atoms with Crippen molar-refractivity contribution < 1.29 is 21.6 Å². The number of aromatic nitrogens is 2. The minimum absolute atomic E-state index is 0.127. The number of nitrogens with one attached hydrogen (secondary N) is 3. The monoisotopic (exact) mass is 552 g/mol. The number of benzene rings is 3. The maximum absolute atomic E-state index is 13.4. The molecule has 1 amide bonds. The average molecular weight is 553 g/mol. The van der Waals surface area contributed by atoms with E-state index in [1.807, 2.05) is 43.7 Å². The van der Waals surface area contributed by atoms with Gasteiger partial charge in [-0.25, -0.2) is 26.5 Å². The lowest BCUT2D eigenvalue weighted by Crippen LogP contribution is -2.31. The van der Waals surface area contributed by atoms with Crippen molar-refractivity contribution in [1.29, 1.82) is 0 Å². The molecule has 0 radical (unpaired) electrons. The van der Waals surface area contributed by atoms with Crippen LogP contribution >= 0.6 is 0 Å². The Morgan fingerprint density at radius 2 is 1.74 bits per heavy atom. The van der Waals surface area contributed by atoms with Crippen LogP contribution in [0.4, 0.5) is 0 Å². The zero-order chi connectivity index (χ0) is 27.2. The summed E-state index contributed by atoms with van der Waals surface area (Å²) in [7, 11) is -7.64. The molecular formula is C27H28N4O5S2. The van der Waals surface area contributed by atoms with E-state index in [0.29, 0.717) is 11.4 Å². The maximum atomic E-state index is 13.4. The summed E-state index contributed by atoms with van der Waals surface area (Å²) in [6.45, 7) is 5.75. The van der Waals surface area contributed by atoms with Gasteiger partial charge in [-0.1, -0.05) is 36.4 Å². The highest BCUT2D eigenvalue weighted by Crippen LogP contribution is 2.31. The Balaban J connectivity index is 1.48. The average Bonchev–Trinajstić information content (AvgIpc) is 3.39. The summed E-state index contributed by atoms with van der Waals surface area (Å²) in [4.78, 5) is 19.7. The Bertz CT molecular complexity index is 1760. The van der Waals surface area contributed by atoms with Gasteiger partial charge in [0, 0.05) is 0 Å². The van der Waals surface area contributed by atoms with Gasteiger partial charge < -0.3 is 4.98 Å². The molecule has 11 heteroatoms. The minimum Gasteiger partial charge on any atom is -0.341 e. The molecule has 3 N–H and O–H groups in total. The number of sulfonamides is 2. The molecule has 0 bridgehead atoms. The van der Waals surface area contributed by atoms with Gasteiger partial charge in [0.15, 0.2) is 0 Å². The molecule has 1 unspecified atom stereocenters. The van der Waals surface area contributed by atoms with E-state index in [-0.39, 0.29) is 17.7 Å². The van der Waals surface area contributed by atoms with E-state index in [1.54, 1.807) is 42.5 Å². The van der Waals surface area contributed by atoms with Crippen LogP contribution in [0.3, 0.4) is 0 Å². The number of carbonyl (C=O) groups excluding carboxylic acids is 1. The minimum atomic E-state index is -3.89. The van der Waals surface area contributed by atoms with Gasteiger partial charge in [0.2, 0.25) is 26.0 Å². The molecule has 9 nitrogen and oxygen atoms in total. The number of aryl methyl sites for hydroxylation is 3. The molecule has 4 aromatic rings. The largest absolute Gasteiger partial charge is 0.341 e. The number of aromatic amines is 1. The standard InChI is InChI=1S/C27H28N4O5S2/c1-16-4-11-22-23(12-16)29-27(28-22)24(30-37(33,34)21-10-5-17(2)18(3)13-21)14-19-6-8-20(9-7-19)25-15-26(32)31-38(25,35)36/h4-13,24-25,30H,14-15H2,1-3H3,(H,28,29)(H,31,32)/t24-,25?/m0/s1. The van der Waals surface area contributed by atoms with Crippen LogP contribution in [0, 0.1) is 20.8 Å². The summed E-state index contributed by atoms with van der Waals surface area (Å²) in [6.07, 6.45) is 0.135. The molecule has 2 heterocycles. The molecule has 1 aliphatic heterocycles. The molecule has 0 aliphatic carbocycles. The lowest BCUT2D eigenvalue weighted by atomic mass is 10.0. The van der Waals surface area contributed by atoms with Gasteiger partial charge in [-0.05, 0) is 79.3 Å². The number of hydrogen-bond acceptors (Lipinski definition) is 6. The van der Waals surface area contributed by atoms with Gasteiger partial charge in [-0.3, -0.25) is 9.52 Å². The molecule has 38 heavy (non-hydrogen) atoms. The van der Waals surface area contributed by atoms with Crippen LogP contribution in [0.25, 0.3) is 11.0 Å². The summed E-state index contributed by atoms with van der Waals surface area (Å²) in [5.41, 5.74) is 5.70. The molecule has 198 valence electrons. The fourth-order valence-corrected chi connectivity index (χ4v) is 7.30. The first-order valence-corrected chi connectivity index (χ1v) is 15.1. The van der Waals surface area contributed by atoms with Gasteiger partial charge in [0.1, 0.15) is 11.1 Å². The van der Waals surface area contributed by atoms with Crippen LogP contribution in [0.2, 0.25) is 0 Å². The number of H-pyrrole nitrogens is 1. The molecule has 1 fully saturated rings. The van der Waals surface area contributed by atoms with E-state index in [9.17, 15) is 21.6 Å². The first-order valence-electron chi connectivity index (χ1n) is 12.1. The Labute approximate surface area is 221 Å². The summed E-state index contributed by atoms with van der Waals surface area (Å²) < 4.78 is 56.1. The van der Waals surface area contributed by atoms with E-state index in [2.05, 4.69) is 14.7 Å². The molecule has 1 aromatic heterocycles. The molecule has 1 saturated heterocycles. The highest BCUT2D eigenvalue weighted by molar-refractivity contribution is 7.90. The number of imidazole rings is 1. The van der Waals surface area contributed by atoms with Crippen molar-refractivity contribution in [1.82, 2.24) is 19.4 Å². The molecule has 0 saturated carbocycles. The Morgan fingerprint density at radius 3 is 2.39 bits per heavy atom. The number of nitrogens with zero attached hydrogens (tertiary/aromatic N) is 1. The Hall–Kier alpha value is -3.54. The first kappa shape index (κ1) is 26.1. The van der Waals surface area contributed by atoms with Gasteiger partial charge in [0.25, 0.3) is 0 Å². The summed E-state index contributed by atoms with van der Waals surface area (Å²) in [5, 5.41) is -0.943. The summed E-state index contributed by atoms with van der Waals surface area (Å²) in [6, 6.07) is 16.9. The van der Waals surface area contributed by atoms with Crippen LogP contribution in [0.1, 0.15) is 51.4 Å². The molecule has 5 rings (SSSR count). The highest BCUT2D eigenvalue weighted by Gasteiger charge is 2.37. The Kier molecular flexibility index (Phi) is 6.62. The third-order valence-electron chi connectivity index (χ3n) is 6.86. The third-order valence-corrected chi connectivity index (χ3v) is 10.0. The van der Waals surface area contributed by atoms with E-state index in [0.717, 1.165) is 33.3 Å². The number of hydrogen-bond donors (Lipinski definition) is 3. The van der Waals surface area contributed by atoms with E-state index in [1.165, 1.54) is 0 Å². The van der Waals surface area contributed by atoms with Crippen LogP contribution < -0.4 is 9.44 Å². The van der Waals surface area contributed by atoms with Crippen molar-refractivity contribution in [3.05, 3.63) is 94.3 Å². The van der Waals surface area contributed by atoms with E-state index >= 15 is 0 Å². The van der Waals surface area contributed by atoms with Crippen molar-refractivity contribution in [3.8, 4) is 0 Å². The van der Waals surface area contributed by atoms with Crippen molar-refractivity contribution in [3.63, 3.8) is 0 Å². The third kappa shape index (κ3) is 5.22. The Morgan fingerprint density at radius 1 is 1.00 bits per heavy atom.